The second-order valence-corrected chi connectivity index (χ2v) is 8.51. The third-order valence-electron chi connectivity index (χ3n) is 5.17. The molecule has 2 rings (SSSR count). The number of rotatable bonds is 3. The zero-order valence-electron chi connectivity index (χ0n) is 15.6. The topological polar surface area (TPSA) is 41.6 Å². The van der Waals surface area contributed by atoms with Gasteiger partial charge < -0.3 is 15.0 Å². The minimum atomic E-state index is -0.411. The van der Waals surface area contributed by atoms with E-state index in [-0.39, 0.29) is 12.1 Å². The number of ether oxygens (including phenoxy) is 1. The van der Waals surface area contributed by atoms with Gasteiger partial charge in [-0.1, -0.05) is 25.7 Å². The van der Waals surface area contributed by atoms with Crippen molar-refractivity contribution in [3.63, 3.8) is 0 Å². The summed E-state index contributed by atoms with van der Waals surface area (Å²) in [5.41, 5.74) is -0.411. The van der Waals surface area contributed by atoms with E-state index in [1.807, 2.05) is 25.7 Å². The lowest BCUT2D eigenvalue weighted by Gasteiger charge is -2.39. The Morgan fingerprint density at radius 1 is 1.13 bits per heavy atom. The first-order chi connectivity index (χ1) is 10.8. The molecule has 0 aromatic heterocycles. The summed E-state index contributed by atoms with van der Waals surface area (Å²) in [7, 11) is 0. The van der Waals surface area contributed by atoms with Crippen molar-refractivity contribution in [3.8, 4) is 0 Å². The number of likely N-dealkylation sites (tertiary alicyclic amines) is 1. The summed E-state index contributed by atoms with van der Waals surface area (Å²) in [5, 5.41) is 3.78. The predicted octanol–water partition coefficient (Wildman–Crippen LogP) is 4.33. The van der Waals surface area contributed by atoms with Gasteiger partial charge in [0.1, 0.15) is 5.60 Å². The first-order valence-corrected chi connectivity index (χ1v) is 9.58. The number of amides is 1. The highest BCUT2D eigenvalue weighted by atomic mass is 16.6. The van der Waals surface area contributed by atoms with Crippen molar-refractivity contribution in [3.05, 3.63) is 0 Å². The van der Waals surface area contributed by atoms with Crippen molar-refractivity contribution >= 4 is 6.09 Å². The third kappa shape index (κ3) is 6.33. The highest BCUT2D eigenvalue weighted by molar-refractivity contribution is 5.68. The molecule has 4 nitrogen and oxygen atoms in total. The van der Waals surface area contributed by atoms with Gasteiger partial charge in [0.2, 0.25) is 0 Å². The van der Waals surface area contributed by atoms with Gasteiger partial charge in [0.15, 0.2) is 0 Å². The number of carbonyl (C=O) groups excluding carboxylic acids is 1. The maximum Gasteiger partial charge on any atom is 0.410 e. The third-order valence-corrected chi connectivity index (χ3v) is 5.17. The molecule has 1 saturated carbocycles. The molecule has 1 heterocycles. The summed E-state index contributed by atoms with van der Waals surface area (Å²) < 4.78 is 5.52. The largest absolute Gasteiger partial charge is 0.444 e. The van der Waals surface area contributed by atoms with Crippen molar-refractivity contribution in [1.82, 2.24) is 10.2 Å². The van der Waals surface area contributed by atoms with Crippen molar-refractivity contribution in [2.45, 2.75) is 96.7 Å². The molecular weight excluding hydrogens is 288 g/mol. The monoisotopic (exact) mass is 324 g/mol. The van der Waals surface area contributed by atoms with Crippen molar-refractivity contribution < 1.29 is 9.53 Å². The molecule has 4 heteroatoms. The van der Waals surface area contributed by atoms with E-state index in [0.29, 0.717) is 6.04 Å². The van der Waals surface area contributed by atoms with Crippen LogP contribution in [0.3, 0.4) is 0 Å². The van der Waals surface area contributed by atoms with Crippen LogP contribution in [0.5, 0.6) is 0 Å². The molecule has 1 aliphatic carbocycles. The highest BCUT2D eigenvalue weighted by Gasteiger charge is 2.31. The van der Waals surface area contributed by atoms with Crippen molar-refractivity contribution in [2.24, 2.45) is 5.92 Å². The first-order valence-electron chi connectivity index (χ1n) is 9.58. The molecule has 0 spiro atoms. The highest BCUT2D eigenvalue weighted by Crippen LogP contribution is 2.24. The molecule has 2 fully saturated rings. The summed E-state index contributed by atoms with van der Waals surface area (Å²) in [6.07, 6.45) is 10.3. The Bertz CT molecular complexity index is 370. The molecule has 1 N–H and O–H groups in total. The van der Waals surface area contributed by atoms with Gasteiger partial charge in [0.25, 0.3) is 0 Å². The number of nitrogens with one attached hydrogen (secondary N) is 1. The van der Waals surface area contributed by atoms with Gasteiger partial charge in [-0.3, -0.25) is 0 Å². The molecule has 1 amide bonds. The lowest BCUT2D eigenvalue weighted by atomic mass is 9.96. The van der Waals surface area contributed by atoms with Crippen LogP contribution in [0.1, 0.15) is 79.1 Å². The van der Waals surface area contributed by atoms with Gasteiger partial charge in [0.05, 0.1) is 0 Å². The maximum absolute atomic E-state index is 12.3. The second kappa shape index (κ2) is 8.36. The second-order valence-electron chi connectivity index (χ2n) is 8.51. The lowest BCUT2D eigenvalue weighted by molar-refractivity contribution is 0.00924. The zero-order chi connectivity index (χ0) is 16.9. The predicted molar refractivity (Wildman–Crippen MR) is 94.6 cm³/mol. The van der Waals surface area contributed by atoms with Crippen LogP contribution in [0.25, 0.3) is 0 Å². The van der Waals surface area contributed by atoms with Crippen LogP contribution in [-0.2, 0) is 4.74 Å². The fourth-order valence-corrected chi connectivity index (χ4v) is 3.85. The summed E-state index contributed by atoms with van der Waals surface area (Å²) in [4.78, 5) is 14.2. The van der Waals surface area contributed by atoms with Crippen molar-refractivity contribution in [1.29, 1.82) is 0 Å². The molecule has 23 heavy (non-hydrogen) atoms. The minimum Gasteiger partial charge on any atom is -0.444 e. The minimum absolute atomic E-state index is 0.160. The van der Waals surface area contributed by atoms with E-state index in [1.165, 1.54) is 38.5 Å². The number of hydrogen-bond donors (Lipinski definition) is 1. The molecule has 2 unspecified atom stereocenters. The molecule has 0 radical (unpaired) electrons. The van der Waals surface area contributed by atoms with Crippen LogP contribution in [0.2, 0.25) is 0 Å². The summed E-state index contributed by atoms with van der Waals surface area (Å²) in [6.45, 7) is 9.88. The smallest absolute Gasteiger partial charge is 0.410 e. The van der Waals surface area contributed by atoms with Gasteiger partial charge in [0, 0.05) is 18.6 Å². The Labute approximate surface area is 142 Å². The number of hydrogen-bond acceptors (Lipinski definition) is 3. The van der Waals surface area contributed by atoms with Gasteiger partial charge in [-0.25, -0.2) is 4.79 Å². The van der Waals surface area contributed by atoms with E-state index in [0.717, 1.165) is 31.8 Å². The van der Waals surface area contributed by atoms with Crippen LogP contribution in [-0.4, -0.2) is 41.8 Å². The first kappa shape index (κ1) is 18.6. The molecule has 2 atom stereocenters. The van der Waals surface area contributed by atoms with Crippen molar-refractivity contribution in [2.75, 3.05) is 13.1 Å². The molecular formula is C19H36N2O2. The Morgan fingerprint density at radius 3 is 2.35 bits per heavy atom. The van der Waals surface area contributed by atoms with E-state index in [2.05, 4.69) is 12.2 Å². The summed E-state index contributed by atoms with van der Waals surface area (Å²) in [5.74, 6) is 0.858. The average Bonchev–Trinajstić information content (AvgIpc) is 2.71. The average molecular weight is 325 g/mol. The van der Waals surface area contributed by atoms with Gasteiger partial charge in [-0.15, -0.1) is 0 Å². The molecule has 0 aromatic rings. The Hall–Kier alpha value is -0.770. The fourth-order valence-electron chi connectivity index (χ4n) is 3.85. The molecule has 134 valence electrons. The zero-order valence-corrected chi connectivity index (χ0v) is 15.6. The van der Waals surface area contributed by atoms with Crippen LogP contribution >= 0.6 is 0 Å². The number of piperidine rings is 1. The van der Waals surface area contributed by atoms with Gasteiger partial charge in [-0.05, 0) is 65.8 Å². The Morgan fingerprint density at radius 2 is 1.78 bits per heavy atom. The number of nitrogens with zero attached hydrogens (tertiary/aromatic N) is 1. The summed E-state index contributed by atoms with van der Waals surface area (Å²) in [6, 6.07) is 0.803. The maximum atomic E-state index is 12.3. The Balaban J connectivity index is 1.73. The van der Waals surface area contributed by atoms with Crippen LogP contribution in [0.4, 0.5) is 4.79 Å². The molecule has 1 saturated heterocycles. The Kier molecular flexibility index (Phi) is 6.75. The standard InChI is InChI=1S/C19H36N2O2/c1-15-13-17(20-14-16-9-7-5-6-8-10-16)11-12-21(15)18(22)23-19(2,3)4/h15-17,20H,5-14H2,1-4H3. The molecule has 2 aliphatic rings. The normalized spacial score (nSPS) is 27.6. The SMILES string of the molecule is CC1CC(NCC2CCCCCC2)CCN1C(=O)OC(C)(C)C. The van der Waals surface area contributed by atoms with E-state index in [4.69, 9.17) is 4.74 Å². The number of carbonyl (C=O) groups is 1. The summed E-state index contributed by atoms with van der Waals surface area (Å²) >= 11 is 0. The fraction of sp³-hybridized carbons (Fsp3) is 0.947. The van der Waals surface area contributed by atoms with Gasteiger partial charge >= 0.3 is 6.09 Å². The van der Waals surface area contributed by atoms with Crippen LogP contribution in [0, 0.1) is 5.92 Å². The van der Waals surface area contributed by atoms with E-state index in [9.17, 15) is 4.79 Å². The van der Waals surface area contributed by atoms with E-state index < -0.39 is 5.60 Å². The van der Waals surface area contributed by atoms with E-state index in [1.54, 1.807) is 0 Å². The van der Waals surface area contributed by atoms with Gasteiger partial charge in [-0.2, -0.15) is 0 Å². The van der Waals surface area contributed by atoms with Crippen LogP contribution < -0.4 is 5.32 Å². The quantitative estimate of drug-likeness (QED) is 0.785. The van der Waals surface area contributed by atoms with E-state index >= 15 is 0 Å². The molecule has 1 aliphatic heterocycles. The lowest BCUT2D eigenvalue weighted by Crippen LogP contribution is -2.51. The molecule has 0 bridgehead atoms. The van der Waals surface area contributed by atoms with Crippen LogP contribution in [0.15, 0.2) is 0 Å². The molecule has 0 aromatic carbocycles.